The molecule has 4 aromatic heterocycles. The summed E-state index contributed by atoms with van der Waals surface area (Å²) in [6.07, 6.45) is 0. The van der Waals surface area contributed by atoms with E-state index in [9.17, 15) is 0 Å². The van der Waals surface area contributed by atoms with Crippen molar-refractivity contribution in [3.05, 3.63) is 218 Å². The molecule has 0 bridgehead atoms. The van der Waals surface area contributed by atoms with Gasteiger partial charge in [-0.2, -0.15) is 0 Å². The molecule has 0 fully saturated rings. The minimum Gasteiger partial charge on any atom is -0.456 e. The number of furan rings is 1. The largest absolute Gasteiger partial charge is 0.456 e. The summed E-state index contributed by atoms with van der Waals surface area (Å²) in [6.45, 7) is 2.15. The van der Waals surface area contributed by atoms with E-state index in [0.29, 0.717) is 17.5 Å². The fourth-order valence-electron chi connectivity index (χ4n) is 8.99. The molecule has 5 nitrogen and oxygen atoms in total. The molecule has 0 radical (unpaired) electrons. The van der Waals surface area contributed by atoms with E-state index < -0.39 is 0 Å². The van der Waals surface area contributed by atoms with E-state index in [1.165, 1.54) is 75.1 Å². The Labute approximate surface area is 373 Å². The first-order valence-corrected chi connectivity index (χ1v) is 22.2. The predicted molar refractivity (Wildman–Crippen MR) is 267 cm³/mol. The number of thiophene rings is 1. The van der Waals surface area contributed by atoms with Crippen LogP contribution in [0.4, 0.5) is 0 Å². The zero-order valence-corrected chi connectivity index (χ0v) is 35.6. The molecule has 0 saturated heterocycles. The van der Waals surface area contributed by atoms with Gasteiger partial charge in [-0.25, -0.2) is 15.0 Å². The SMILES string of the molecule is Cc1cccc2oc3ccc(-c4ccc5c(c4)c4ccccc4n5-c4ccccc4)cc3c12.c1ccc(-c2nc(-c3ccccc3)nc(-c3ccc4sc5ccccc5c4c3)n2)cc1. The molecule has 0 spiro atoms. The topological polar surface area (TPSA) is 56.7 Å². The number of fused-ring (bicyclic) bond motifs is 9. The fraction of sp³-hybridized carbons (Fsp3) is 0.0172. The van der Waals surface area contributed by atoms with Crippen LogP contribution < -0.4 is 0 Å². The molecule has 0 unspecified atom stereocenters. The van der Waals surface area contributed by atoms with E-state index in [1.54, 1.807) is 0 Å². The molecule has 0 saturated carbocycles. The van der Waals surface area contributed by atoms with Crippen LogP contribution in [0.5, 0.6) is 0 Å². The highest BCUT2D eigenvalue weighted by atomic mass is 32.1. The molecule has 0 aliphatic rings. The van der Waals surface area contributed by atoms with Gasteiger partial charge in [0, 0.05) is 64.1 Å². The third-order valence-electron chi connectivity index (χ3n) is 12.1. The Hall–Kier alpha value is -8.19. The first-order valence-electron chi connectivity index (χ1n) is 21.4. The first kappa shape index (κ1) is 37.6. The van der Waals surface area contributed by atoms with E-state index in [4.69, 9.17) is 19.4 Å². The standard InChI is InChI=1S/C31H21NO.C27H17N3S/c1-20-8-7-13-30-31(20)26-19-22(15-17-29(26)33-30)21-14-16-28-25(18-21)24-11-5-6-12-27(24)32(28)23-9-3-2-4-10-23;1-3-9-18(10-4-1)25-28-26(19-11-5-2-6-12-19)30-27(29-25)20-15-16-24-22(17-20)21-13-7-8-14-23(21)31-24/h2-19H,1H3;1-17H. The van der Waals surface area contributed by atoms with Crippen LogP contribution >= 0.6 is 11.3 Å². The molecule has 13 rings (SSSR count). The van der Waals surface area contributed by atoms with Crippen LogP contribution in [0, 0.1) is 6.92 Å². The Balaban J connectivity index is 0.000000136. The molecule has 4 heterocycles. The van der Waals surface area contributed by atoms with Crippen LogP contribution in [0.25, 0.3) is 115 Å². The molecular weight excluding hydrogens is 801 g/mol. The maximum atomic E-state index is 6.10. The van der Waals surface area contributed by atoms with Gasteiger partial charge in [-0.15, -0.1) is 11.3 Å². The molecule has 6 heteroatoms. The molecule has 0 aliphatic heterocycles. The zero-order valence-electron chi connectivity index (χ0n) is 34.8. The van der Waals surface area contributed by atoms with Crippen molar-refractivity contribution in [2.24, 2.45) is 0 Å². The van der Waals surface area contributed by atoms with Crippen molar-refractivity contribution >= 4 is 75.3 Å². The van der Waals surface area contributed by atoms with Crippen molar-refractivity contribution < 1.29 is 4.42 Å². The van der Waals surface area contributed by atoms with Gasteiger partial charge in [0.2, 0.25) is 0 Å². The van der Waals surface area contributed by atoms with Crippen LogP contribution in [-0.2, 0) is 0 Å². The number of aryl methyl sites for hydroxylation is 1. The van der Waals surface area contributed by atoms with Crippen LogP contribution in [0.1, 0.15) is 5.56 Å². The lowest BCUT2D eigenvalue weighted by Gasteiger charge is -2.08. The molecular formula is C58H38N4OS. The number of aromatic nitrogens is 4. The maximum Gasteiger partial charge on any atom is 0.164 e. The number of para-hydroxylation sites is 2. The second kappa shape index (κ2) is 15.6. The van der Waals surface area contributed by atoms with Gasteiger partial charge in [-0.1, -0.05) is 140 Å². The summed E-state index contributed by atoms with van der Waals surface area (Å²) in [5.41, 5.74) is 12.1. The summed E-state index contributed by atoms with van der Waals surface area (Å²) in [4.78, 5) is 14.5. The third kappa shape index (κ3) is 6.60. The van der Waals surface area contributed by atoms with Crippen LogP contribution in [0.3, 0.4) is 0 Å². The summed E-state index contributed by atoms with van der Waals surface area (Å²) in [5, 5.41) is 7.42. The molecule has 13 aromatic rings. The predicted octanol–water partition coefficient (Wildman–Crippen LogP) is 15.9. The Morgan fingerprint density at radius 1 is 0.375 bits per heavy atom. The van der Waals surface area contributed by atoms with Gasteiger partial charge in [-0.3, -0.25) is 0 Å². The Kier molecular flexibility index (Phi) is 9.17. The average molecular weight is 839 g/mol. The highest BCUT2D eigenvalue weighted by Crippen LogP contribution is 2.39. The molecule has 0 N–H and O–H groups in total. The molecule has 0 atom stereocenters. The normalized spacial score (nSPS) is 11.5. The van der Waals surface area contributed by atoms with Crippen molar-refractivity contribution in [1.82, 2.24) is 19.5 Å². The van der Waals surface area contributed by atoms with Gasteiger partial charge in [0.05, 0.1) is 11.0 Å². The summed E-state index contributed by atoms with van der Waals surface area (Å²) >= 11 is 1.81. The molecule has 302 valence electrons. The molecule has 64 heavy (non-hydrogen) atoms. The van der Waals surface area contributed by atoms with Crippen molar-refractivity contribution in [2.75, 3.05) is 0 Å². The Morgan fingerprint density at radius 2 is 0.922 bits per heavy atom. The summed E-state index contributed by atoms with van der Waals surface area (Å²) in [7, 11) is 0. The molecule has 9 aromatic carbocycles. The number of benzene rings is 9. The second-order valence-corrected chi connectivity index (χ2v) is 17.1. The highest BCUT2D eigenvalue weighted by Gasteiger charge is 2.16. The lowest BCUT2D eigenvalue weighted by atomic mass is 9.99. The van der Waals surface area contributed by atoms with Crippen molar-refractivity contribution in [2.45, 2.75) is 6.92 Å². The quantitative estimate of drug-likeness (QED) is 0.173. The first-order chi connectivity index (χ1) is 31.6. The Morgan fingerprint density at radius 3 is 1.66 bits per heavy atom. The smallest absolute Gasteiger partial charge is 0.164 e. The van der Waals surface area contributed by atoms with Crippen LogP contribution in [0.2, 0.25) is 0 Å². The number of rotatable bonds is 5. The van der Waals surface area contributed by atoms with Gasteiger partial charge in [0.25, 0.3) is 0 Å². The van der Waals surface area contributed by atoms with E-state index in [2.05, 4.69) is 157 Å². The minimum absolute atomic E-state index is 0.680. The number of hydrogen-bond acceptors (Lipinski definition) is 5. The Bertz CT molecular complexity index is 3790. The van der Waals surface area contributed by atoms with Crippen molar-refractivity contribution in [3.8, 4) is 51.0 Å². The third-order valence-corrected chi connectivity index (χ3v) is 13.2. The molecule has 0 amide bonds. The van der Waals surface area contributed by atoms with Crippen molar-refractivity contribution in [3.63, 3.8) is 0 Å². The van der Waals surface area contributed by atoms with Gasteiger partial charge in [0.15, 0.2) is 17.5 Å². The van der Waals surface area contributed by atoms with Gasteiger partial charge < -0.3 is 8.98 Å². The second-order valence-electron chi connectivity index (χ2n) is 16.0. The van der Waals surface area contributed by atoms with E-state index in [0.717, 1.165) is 27.9 Å². The highest BCUT2D eigenvalue weighted by molar-refractivity contribution is 7.25. The van der Waals surface area contributed by atoms with Crippen molar-refractivity contribution in [1.29, 1.82) is 0 Å². The monoisotopic (exact) mass is 838 g/mol. The van der Waals surface area contributed by atoms with E-state index in [1.807, 2.05) is 78.1 Å². The summed E-state index contributed by atoms with van der Waals surface area (Å²) in [6, 6.07) is 74.0. The van der Waals surface area contributed by atoms with Gasteiger partial charge >= 0.3 is 0 Å². The van der Waals surface area contributed by atoms with E-state index in [-0.39, 0.29) is 0 Å². The summed E-state index contributed by atoms with van der Waals surface area (Å²) in [5.74, 6) is 2.05. The van der Waals surface area contributed by atoms with Gasteiger partial charge in [0.1, 0.15) is 11.2 Å². The minimum atomic E-state index is 0.680. The fourth-order valence-corrected chi connectivity index (χ4v) is 10.1. The number of hydrogen-bond donors (Lipinski definition) is 0. The van der Waals surface area contributed by atoms with Crippen LogP contribution in [0.15, 0.2) is 217 Å². The van der Waals surface area contributed by atoms with Crippen LogP contribution in [-0.4, -0.2) is 19.5 Å². The zero-order chi connectivity index (χ0) is 42.6. The lowest BCUT2D eigenvalue weighted by molar-refractivity contribution is 0.669. The molecule has 0 aliphatic carbocycles. The summed E-state index contributed by atoms with van der Waals surface area (Å²) < 4.78 is 11.0. The lowest BCUT2D eigenvalue weighted by Crippen LogP contribution is -2.00. The van der Waals surface area contributed by atoms with E-state index >= 15 is 0 Å². The maximum absolute atomic E-state index is 6.10. The van der Waals surface area contributed by atoms with Gasteiger partial charge in [-0.05, 0) is 96.4 Å². The number of nitrogens with zero attached hydrogens (tertiary/aromatic N) is 4. The average Bonchev–Trinajstić information content (AvgIpc) is 4.04.